The zero-order valence-electron chi connectivity index (χ0n) is 14.4. The molecule has 0 bridgehead atoms. The Labute approximate surface area is 156 Å². The van der Waals surface area contributed by atoms with Gasteiger partial charge in [-0.2, -0.15) is 5.10 Å². The number of carbonyl (C=O) groups excluding carboxylic acids is 1. The second-order valence-corrected chi connectivity index (χ2v) is 6.28. The lowest BCUT2D eigenvalue weighted by Gasteiger charge is -2.05. The summed E-state index contributed by atoms with van der Waals surface area (Å²) >= 11 is 5.91. The maximum absolute atomic E-state index is 12.1. The van der Waals surface area contributed by atoms with Crippen molar-refractivity contribution in [2.45, 2.75) is 26.5 Å². The Balaban J connectivity index is 1.42. The zero-order valence-corrected chi connectivity index (χ0v) is 15.2. The van der Waals surface area contributed by atoms with E-state index in [2.05, 4.69) is 10.4 Å². The number of hydrogen-bond donors (Lipinski definition) is 1. The lowest BCUT2D eigenvalue weighted by atomic mass is 10.3. The van der Waals surface area contributed by atoms with Crippen molar-refractivity contribution < 1.29 is 13.9 Å². The van der Waals surface area contributed by atoms with Crippen LogP contribution in [0.5, 0.6) is 5.75 Å². The Morgan fingerprint density at radius 3 is 2.96 bits per heavy atom. The van der Waals surface area contributed by atoms with E-state index >= 15 is 0 Å². The molecule has 6 nitrogen and oxygen atoms in total. The number of hydrogen-bond acceptors (Lipinski definition) is 4. The highest BCUT2D eigenvalue weighted by Gasteiger charge is 2.11. The van der Waals surface area contributed by atoms with Crippen molar-refractivity contribution in [1.29, 1.82) is 0 Å². The summed E-state index contributed by atoms with van der Waals surface area (Å²) in [6.45, 7) is 3.48. The van der Waals surface area contributed by atoms with E-state index in [9.17, 15) is 4.79 Å². The Bertz CT molecular complexity index is 872. The van der Waals surface area contributed by atoms with Gasteiger partial charge in [0.05, 0.1) is 5.69 Å². The molecule has 1 N–H and O–H groups in total. The molecule has 3 rings (SSSR count). The summed E-state index contributed by atoms with van der Waals surface area (Å²) in [6.07, 6.45) is 2.72. The van der Waals surface area contributed by atoms with Crippen LogP contribution >= 0.6 is 11.6 Å². The first-order chi connectivity index (χ1) is 12.6. The highest BCUT2D eigenvalue weighted by atomic mass is 35.5. The zero-order chi connectivity index (χ0) is 18.4. The molecule has 7 heteroatoms. The standard InChI is InChI=1S/C19H20ClN3O3/c1-14-8-11-23(22-14)10-3-9-21-19(24)18-7-6-17(26-18)13-25-16-5-2-4-15(20)12-16/h2,4-8,11-12H,3,9-10,13H2,1H3,(H,21,24). The Morgan fingerprint density at radius 1 is 1.31 bits per heavy atom. The first-order valence-corrected chi connectivity index (χ1v) is 8.73. The summed E-state index contributed by atoms with van der Waals surface area (Å²) in [5.74, 6) is 1.25. The van der Waals surface area contributed by atoms with Crippen LogP contribution in [0.3, 0.4) is 0 Å². The number of nitrogens with one attached hydrogen (secondary N) is 1. The molecule has 0 aliphatic carbocycles. The molecule has 0 radical (unpaired) electrons. The van der Waals surface area contributed by atoms with Gasteiger partial charge in [-0.3, -0.25) is 9.48 Å². The fraction of sp³-hybridized carbons (Fsp3) is 0.263. The van der Waals surface area contributed by atoms with Crippen LogP contribution in [-0.4, -0.2) is 22.2 Å². The number of amides is 1. The number of furan rings is 1. The minimum Gasteiger partial charge on any atom is -0.486 e. The van der Waals surface area contributed by atoms with Crippen LogP contribution in [0.2, 0.25) is 5.02 Å². The van der Waals surface area contributed by atoms with Crippen molar-refractivity contribution in [3.05, 3.63) is 70.9 Å². The third kappa shape index (κ3) is 5.13. The van der Waals surface area contributed by atoms with Gasteiger partial charge in [0.25, 0.3) is 5.91 Å². The number of aryl methyl sites for hydroxylation is 2. The SMILES string of the molecule is Cc1ccn(CCCNC(=O)c2ccc(COc3cccc(Cl)c3)o2)n1. The summed E-state index contributed by atoms with van der Waals surface area (Å²) in [6, 6.07) is 12.4. The molecule has 0 spiro atoms. The van der Waals surface area contributed by atoms with Crippen molar-refractivity contribution in [3.63, 3.8) is 0 Å². The van der Waals surface area contributed by atoms with Gasteiger partial charge >= 0.3 is 0 Å². The topological polar surface area (TPSA) is 69.3 Å². The molecule has 0 atom stereocenters. The first kappa shape index (κ1) is 18.1. The molecule has 136 valence electrons. The molecular weight excluding hydrogens is 354 g/mol. The smallest absolute Gasteiger partial charge is 0.286 e. The fourth-order valence-electron chi connectivity index (χ4n) is 2.41. The summed E-state index contributed by atoms with van der Waals surface area (Å²) < 4.78 is 13.0. The average Bonchev–Trinajstić information content (AvgIpc) is 3.26. The first-order valence-electron chi connectivity index (χ1n) is 8.35. The number of nitrogens with zero attached hydrogens (tertiary/aromatic N) is 2. The third-order valence-corrected chi connectivity index (χ3v) is 3.92. The van der Waals surface area contributed by atoms with Crippen LogP contribution in [0.25, 0.3) is 0 Å². The lowest BCUT2D eigenvalue weighted by molar-refractivity contribution is 0.0921. The quantitative estimate of drug-likeness (QED) is 0.609. The van der Waals surface area contributed by atoms with E-state index in [-0.39, 0.29) is 18.3 Å². The van der Waals surface area contributed by atoms with Crippen molar-refractivity contribution in [2.24, 2.45) is 0 Å². The van der Waals surface area contributed by atoms with E-state index in [1.807, 2.05) is 36.0 Å². The molecule has 1 amide bonds. The normalized spacial score (nSPS) is 10.7. The predicted molar refractivity (Wildman–Crippen MR) is 98.4 cm³/mol. The Morgan fingerprint density at radius 2 is 2.19 bits per heavy atom. The molecule has 26 heavy (non-hydrogen) atoms. The van der Waals surface area contributed by atoms with Gasteiger partial charge in [-0.1, -0.05) is 17.7 Å². The highest BCUT2D eigenvalue weighted by molar-refractivity contribution is 6.30. The second kappa shape index (κ2) is 8.58. The number of rotatable bonds is 8. The Kier molecular flexibility index (Phi) is 5.96. The van der Waals surface area contributed by atoms with Gasteiger partial charge in [-0.15, -0.1) is 0 Å². The van der Waals surface area contributed by atoms with Gasteiger partial charge < -0.3 is 14.5 Å². The minimum absolute atomic E-state index is 0.228. The molecule has 0 fully saturated rings. The summed E-state index contributed by atoms with van der Waals surface area (Å²) in [5, 5.41) is 7.75. The molecule has 1 aromatic carbocycles. The third-order valence-electron chi connectivity index (χ3n) is 3.69. The van der Waals surface area contributed by atoms with Gasteiger partial charge in [-0.05, 0) is 49.7 Å². The van der Waals surface area contributed by atoms with Crippen molar-refractivity contribution in [1.82, 2.24) is 15.1 Å². The van der Waals surface area contributed by atoms with E-state index < -0.39 is 0 Å². The molecule has 0 aliphatic heterocycles. The van der Waals surface area contributed by atoms with Crippen molar-refractivity contribution >= 4 is 17.5 Å². The number of aromatic nitrogens is 2. The number of ether oxygens (including phenoxy) is 1. The van der Waals surface area contributed by atoms with Gasteiger partial charge in [0.15, 0.2) is 5.76 Å². The number of halogens is 1. The molecule has 0 saturated heterocycles. The summed E-state index contributed by atoms with van der Waals surface area (Å²) in [5.41, 5.74) is 0.983. The molecule has 2 heterocycles. The van der Waals surface area contributed by atoms with E-state index in [4.69, 9.17) is 20.8 Å². The molecule has 2 aromatic heterocycles. The summed E-state index contributed by atoms with van der Waals surface area (Å²) in [7, 11) is 0. The lowest BCUT2D eigenvalue weighted by Crippen LogP contribution is -2.24. The molecule has 0 aliphatic rings. The Hall–Kier alpha value is -2.73. The van der Waals surface area contributed by atoms with E-state index in [0.29, 0.717) is 23.1 Å². The van der Waals surface area contributed by atoms with Crippen LogP contribution in [0.1, 0.15) is 28.4 Å². The van der Waals surface area contributed by atoms with E-state index in [1.165, 1.54) is 0 Å². The monoisotopic (exact) mass is 373 g/mol. The van der Waals surface area contributed by atoms with E-state index in [0.717, 1.165) is 18.7 Å². The average molecular weight is 374 g/mol. The predicted octanol–water partition coefficient (Wildman–Crippen LogP) is 3.84. The van der Waals surface area contributed by atoms with Crippen LogP contribution in [0.15, 0.2) is 53.1 Å². The molecular formula is C19H20ClN3O3. The van der Waals surface area contributed by atoms with Gasteiger partial charge in [0.1, 0.15) is 18.1 Å². The number of benzene rings is 1. The van der Waals surface area contributed by atoms with Crippen LogP contribution in [0.4, 0.5) is 0 Å². The van der Waals surface area contributed by atoms with Crippen LogP contribution < -0.4 is 10.1 Å². The largest absolute Gasteiger partial charge is 0.486 e. The molecule has 0 saturated carbocycles. The van der Waals surface area contributed by atoms with E-state index in [1.54, 1.807) is 24.3 Å². The summed E-state index contributed by atoms with van der Waals surface area (Å²) in [4.78, 5) is 12.1. The van der Waals surface area contributed by atoms with Crippen molar-refractivity contribution in [2.75, 3.05) is 6.54 Å². The fourth-order valence-corrected chi connectivity index (χ4v) is 2.59. The van der Waals surface area contributed by atoms with Gasteiger partial charge in [0, 0.05) is 24.3 Å². The maximum Gasteiger partial charge on any atom is 0.286 e. The van der Waals surface area contributed by atoms with Gasteiger partial charge in [-0.25, -0.2) is 0 Å². The van der Waals surface area contributed by atoms with Crippen LogP contribution in [0, 0.1) is 6.92 Å². The van der Waals surface area contributed by atoms with Gasteiger partial charge in [0.2, 0.25) is 0 Å². The molecule has 3 aromatic rings. The minimum atomic E-state index is -0.240. The maximum atomic E-state index is 12.1. The second-order valence-electron chi connectivity index (χ2n) is 5.84. The van der Waals surface area contributed by atoms with Crippen LogP contribution in [-0.2, 0) is 13.2 Å². The highest BCUT2D eigenvalue weighted by Crippen LogP contribution is 2.19. The number of carbonyl (C=O) groups is 1. The van der Waals surface area contributed by atoms with Crippen molar-refractivity contribution in [3.8, 4) is 5.75 Å². The molecule has 0 unspecified atom stereocenters.